The minimum Gasteiger partial charge on any atom is -0.447 e. The van der Waals surface area contributed by atoms with E-state index >= 15 is 0 Å². The van der Waals surface area contributed by atoms with E-state index in [1.165, 1.54) is 29.8 Å². The van der Waals surface area contributed by atoms with Crippen LogP contribution in [0.1, 0.15) is 11.7 Å². The number of carbonyl (C=O) groups excluding carboxylic acids is 1. The minimum absolute atomic E-state index is 0.117. The normalized spacial score (nSPS) is 14.4. The molecule has 1 aliphatic rings. The fourth-order valence-electron chi connectivity index (χ4n) is 3.05. The third kappa shape index (κ3) is 3.63. The third-order valence-corrected chi connectivity index (χ3v) is 4.47. The summed E-state index contributed by atoms with van der Waals surface area (Å²) in [5.74, 6) is -1.22. The van der Waals surface area contributed by atoms with Gasteiger partial charge in [0, 0.05) is 17.3 Å². The Bertz CT molecular complexity index is 1080. The number of nitrogens with zero attached hydrogens (tertiary/aromatic N) is 4. The van der Waals surface area contributed by atoms with E-state index in [1.807, 2.05) is 0 Å². The maximum absolute atomic E-state index is 14.8. The number of hydrogen-bond donors (Lipinski definition) is 0. The second-order valence-electron chi connectivity index (χ2n) is 6.06. The first-order valence-corrected chi connectivity index (χ1v) is 8.84. The Balaban J connectivity index is 1.70. The van der Waals surface area contributed by atoms with Crippen molar-refractivity contribution < 1.29 is 22.7 Å². The fraction of sp³-hybridized carbons (Fsp3) is 0.158. The van der Waals surface area contributed by atoms with Crippen LogP contribution in [0.15, 0.2) is 52.5 Å². The van der Waals surface area contributed by atoms with E-state index in [0.717, 1.165) is 12.1 Å². The highest BCUT2D eigenvalue weighted by Gasteiger charge is 2.31. The molecule has 2 aromatic heterocycles. The van der Waals surface area contributed by atoms with Gasteiger partial charge in [-0.15, -0.1) is 0 Å². The Hall–Kier alpha value is -3.49. The molecule has 1 saturated heterocycles. The molecule has 1 aliphatic heterocycles. The van der Waals surface area contributed by atoms with E-state index in [0.29, 0.717) is 11.5 Å². The number of benzene rings is 1. The van der Waals surface area contributed by atoms with Crippen molar-refractivity contribution in [3.05, 3.63) is 60.3 Å². The molecule has 146 valence electrons. The molecule has 0 radical (unpaired) electrons. The first-order valence-electron chi connectivity index (χ1n) is 8.43. The molecular formula is C19H12F2N4O3S. The van der Waals surface area contributed by atoms with Crippen molar-refractivity contribution >= 4 is 23.5 Å². The molecule has 3 heterocycles. The Kier molecular flexibility index (Phi) is 5.11. The van der Waals surface area contributed by atoms with Crippen molar-refractivity contribution in [1.82, 2.24) is 14.9 Å². The summed E-state index contributed by atoms with van der Waals surface area (Å²) < 4.78 is 39.7. The van der Waals surface area contributed by atoms with Crippen molar-refractivity contribution in [3.63, 3.8) is 0 Å². The van der Waals surface area contributed by atoms with Crippen LogP contribution in [-0.4, -0.2) is 39.3 Å². The number of thiocarbonyl (C=S) groups is 1. The maximum Gasteiger partial charge on any atom is 0.411 e. The predicted octanol–water partition coefficient (Wildman–Crippen LogP) is 4.24. The number of hydrogen-bond acceptors (Lipinski definition) is 7. The molecule has 1 fully saturated rings. The van der Waals surface area contributed by atoms with Crippen LogP contribution in [0.3, 0.4) is 0 Å². The number of pyridine rings is 1. The zero-order chi connectivity index (χ0) is 20.4. The SMILES string of the molecule is O=C1OCCN1C(N=C=S)c1cc(F)c(-c2ccc(-c3cnco3)nc2)c(F)c1. The highest BCUT2D eigenvalue weighted by atomic mass is 32.1. The van der Waals surface area contributed by atoms with Crippen LogP contribution in [-0.2, 0) is 4.74 Å². The molecule has 4 rings (SSSR count). The van der Waals surface area contributed by atoms with Crippen LogP contribution in [0.4, 0.5) is 13.6 Å². The summed E-state index contributed by atoms with van der Waals surface area (Å²) in [4.78, 5) is 24.9. The number of oxazole rings is 1. The average molecular weight is 414 g/mol. The molecule has 0 spiro atoms. The molecule has 7 nitrogen and oxygen atoms in total. The molecular weight excluding hydrogens is 402 g/mol. The van der Waals surface area contributed by atoms with Gasteiger partial charge in [-0.05, 0) is 30.4 Å². The quantitative estimate of drug-likeness (QED) is 0.459. The highest BCUT2D eigenvalue weighted by molar-refractivity contribution is 7.78. The van der Waals surface area contributed by atoms with Crippen molar-refractivity contribution in [2.75, 3.05) is 13.2 Å². The van der Waals surface area contributed by atoms with E-state index in [2.05, 4.69) is 32.3 Å². The van der Waals surface area contributed by atoms with E-state index < -0.39 is 23.9 Å². The lowest BCUT2D eigenvalue weighted by Crippen LogP contribution is -2.28. The van der Waals surface area contributed by atoms with Crippen LogP contribution < -0.4 is 0 Å². The third-order valence-electron chi connectivity index (χ3n) is 4.36. The molecule has 0 bridgehead atoms. The first-order chi connectivity index (χ1) is 14.1. The molecule has 0 aliphatic carbocycles. The lowest BCUT2D eigenvalue weighted by molar-refractivity contribution is 0.149. The number of carbonyl (C=O) groups is 1. The molecule has 1 atom stereocenters. The summed E-state index contributed by atoms with van der Waals surface area (Å²) in [6.45, 7) is 0.385. The zero-order valence-corrected chi connectivity index (χ0v) is 15.5. The molecule has 0 saturated carbocycles. The van der Waals surface area contributed by atoms with Crippen LogP contribution in [0, 0.1) is 11.6 Å². The van der Waals surface area contributed by atoms with E-state index in [4.69, 9.17) is 9.15 Å². The van der Waals surface area contributed by atoms with E-state index in [1.54, 1.807) is 6.07 Å². The number of aromatic nitrogens is 2. The Morgan fingerprint density at radius 2 is 2.03 bits per heavy atom. The number of cyclic esters (lactones) is 1. The van der Waals surface area contributed by atoms with Gasteiger partial charge in [0.1, 0.15) is 23.9 Å². The van der Waals surface area contributed by atoms with Gasteiger partial charge in [0.2, 0.25) is 0 Å². The summed E-state index contributed by atoms with van der Waals surface area (Å²) in [6, 6.07) is 5.31. The summed E-state index contributed by atoms with van der Waals surface area (Å²) in [5, 5.41) is 2.16. The van der Waals surface area contributed by atoms with Crippen molar-refractivity contribution in [2.45, 2.75) is 6.17 Å². The van der Waals surface area contributed by atoms with Gasteiger partial charge in [0.05, 0.1) is 23.5 Å². The lowest BCUT2D eigenvalue weighted by atomic mass is 10.0. The summed E-state index contributed by atoms with van der Waals surface area (Å²) in [5.41, 5.74) is 0.586. The summed E-state index contributed by atoms with van der Waals surface area (Å²) >= 11 is 4.61. The molecule has 29 heavy (non-hydrogen) atoms. The van der Waals surface area contributed by atoms with Crippen LogP contribution in [0.25, 0.3) is 22.6 Å². The molecule has 3 aromatic rings. The minimum atomic E-state index is -1.02. The van der Waals surface area contributed by atoms with Crippen molar-refractivity contribution in [2.24, 2.45) is 4.99 Å². The Morgan fingerprint density at radius 1 is 1.24 bits per heavy atom. The van der Waals surface area contributed by atoms with E-state index in [9.17, 15) is 13.6 Å². The Morgan fingerprint density at radius 3 is 2.59 bits per heavy atom. The van der Waals surface area contributed by atoms with Crippen molar-refractivity contribution in [1.29, 1.82) is 0 Å². The molecule has 10 heteroatoms. The van der Waals surface area contributed by atoms with E-state index in [-0.39, 0.29) is 29.8 Å². The monoisotopic (exact) mass is 414 g/mol. The second kappa shape index (κ2) is 7.86. The zero-order valence-electron chi connectivity index (χ0n) is 14.7. The number of aliphatic imine (C=N–C) groups is 1. The number of halogens is 2. The fourth-order valence-corrected chi connectivity index (χ4v) is 3.15. The topological polar surface area (TPSA) is 80.8 Å². The number of ether oxygens (including phenoxy) is 1. The average Bonchev–Trinajstić information content (AvgIpc) is 3.38. The largest absolute Gasteiger partial charge is 0.447 e. The van der Waals surface area contributed by atoms with Crippen molar-refractivity contribution in [3.8, 4) is 22.6 Å². The maximum atomic E-state index is 14.8. The number of amides is 1. The Labute approximate surface area is 168 Å². The van der Waals surface area contributed by atoms with Gasteiger partial charge >= 0.3 is 6.09 Å². The van der Waals surface area contributed by atoms with Gasteiger partial charge in [-0.2, -0.15) is 0 Å². The molecule has 1 amide bonds. The standard InChI is InChI=1S/C19H12F2N4O3S/c20-13-5-12(18(24-10-29)25-3-4-27-19(25)26)6-14(21)17(13)11-1-2-15(23-7-11)16-8-22-9-28-16/h1-2,5-9,18H,3-4H2. The van der Waals surface area contributed by atoms with Gasteiger partial charge in [0.15, 0.2) is 18.3 Å². The lowest BCUT2D eigenvalue weighted by Gasteiger charge is -2.21. The second-order valence-corrected chi connectivity index (χ2v) is 6.24. The van der Waals surface area contributed by atoms with Crippen LogP contribution in [0.5, 0.6) is 0 Å². The van der Waals surface area contributed by atoms with Crippen LogP contribution >= 0.6 is 12.2 Å². The van der Waals surface area contributed by atoms with Gasteiger partial charge in [-0.3, -0.25) is 9.88 Å². The summed E-state index contributed by atoms with van der Waals surface area (Å²) in [6.07, 6.45) is 2.42. The number of isothiocyanates is 1. The molecule has 0 N–H and O–H groups in total. The van der Waals surface area contributed by atoms with Gasteiger partial charge in [-0.1, -0.05) is 6.07 Å². The van der Waals surface area contributed by atoms with Gasteiger partial charge < -0.3 is 9.15 Å². The predicted molar refractivity (Wildman–Crippen MR) is 101 cm³/mol. The molecule has 1 unspecified atom stereocenters. The number of rotatable bonds is 5. The summed E-state index contributed by atoms with van der Waals surface area (Å²) in [7, 11) is 0. The molecule has 1 aromatic carbocycles. The van der Waals surface area contributed by atoms with Gasteiger partial charge in [-0.25, -0.2) is 23.6 Å². The van der Waals surface area contributed by atoms with Gasteiger partial charge in [0.25, 0.3) is 0 Å². The smallest absolute Gasteiger partial charge is 0.411 e. The first kappa shape index (κ1) is 18.9. The highest BCUT2D eigenvalue weighted by Crippen LogP contribution is 2.32. The van der Waals surface area contributed by atoms with Crippen LogP contribution in [0.2, 0.25) is 0 Å².